The number of ketones is 1. The van der Waals surface area contributed by atoms with Crippen LogP contribution in [-0.2, 0) is 18.3 Å². The first-order valence-corrected chi connectivity index (χ1v) is 11.1. The zero-order chi connectivity index (χ0) is 21.4. The third-order valence-corrected chi connectivity index (χ3v) is 7.13. The predicted molar refractivity (Wildman–Crippen MR) is 117 cm³/mol. The lowest BCUT2D eigenvalue weighted by Gasteiger charge is -2.51. The highest BCUT2D eigenvalue weighted by Gasteiger charge is 2.48. The van der Waals surface area contributed by atoms with E-state index in [2.05, 4.69) is 20.0 Å². The van der Waals surface area contributed by atoms with Gasteiger partial charge >= 0.3 is 0 Å². The van der Waals surface area contributed by atoms with Gasteiger partial charge < -0.3 is 4.90 Å². The summed E-state index contributed by atoms with van der Waals surface area (Å²) >= 11 is 0. The molecule has 0 radical (unpaired) electrons. The van der Waals surface area contributed by atoms with Crippen molar-refractivity contribution in [1.29, 1.82) is 0 Å². The van der Waals surface area contributed by atoms with Crippen molar-refractivity contribution in [3.63, 3.8) is 0 Å². The minimum Gasteiger partial charge on any atom is -0.301 e. The second-order valence-corrected chi connectivity index (χ2v) is 9.24. The minimum atomic E-state index is -0.274. The van der Waals surface area contributed by atoms with Gasteiger partial charge in [-0.05, 0) is 55.8 Å². The standard InChI is InChI=1S/C24H28FN5O/c1-29-16-20(15-27-29)17-2-3-18-14-26-23(28-21(18)10-17)11-22(31)19-12-24(13-19)4-7-30(8-5-24)9-6-25/h2-3,10,14-16,19H,4-9,11-13H2,1H3. The lowest BCUT2D eigenvalue weighted by atomic mass is 9.56. The van der Waals surface area contributed by atoms with E-state index in [1.54, 1.807) is 10.9 Å². The largest absolute Gasteiger partial charge is 0.301 e. The van der Waals surface area contributed by atoms with Crippen LogP contribution in [0.1, 0.15) is 31.5 Å². The van der Waals surface area contributed by atoms with Gasteiger partial charge in [-0.3, -0.25) is 9.48 Å². The van der Waals surface area contributed by atoms with Crippen molar-refractivity contribution in [2.24, 2.45) is 18.4 Å². The number of aromatic nitrogens is 4. The van der Waals surface area contributed by atoms with Crippen LogP contribution in [0.2, 0.25) is 0 Å². The van der Waals surface area contributed by atoms with E-state index in [-0.39, 0.29) is 18.4 Å². The van der Waals surface area contributed by atoms with Gasteiger partial charge in [-0.25, -0.2) is 14.4 Å². The summed E-state index contributed by atoms with van der Waals surface area (Å²) in [4.78, 5) is 24.2. The number of benzene rings is 1. The van der Waals surface area contributed by atoms with Gasteiger partial charge in [-0.2, -0.15) is 5.10 Å². The number of piperidine rings is 1. The van der Waals surface area contributed by atoms with Crippen molar-refractivity contribution < 1.29 is 9.18 Å². The number of Topliss-reactive ketones (excluding diaryl/α,β-unsaturated/α-hetero) is 1. The van der Waals surface area contributed by atoms with E-state index >= 15 is 0 Å². The van der Waals surface area contributed by atoms with Crippen LogP contribution < -0.4 is 0 Å². The lowest BCUT2D eigenvalue weighted by Crippen LogP contribution is -2.49. The van der Waals surface area contributed by atoms with Crippen molar-refractivity contribution in [3.05, 3.63) is 42.6 Å². The first-order chi connectivity index (χ1) is 15.0. The second-order valence-electron chi connectivity index (χ2n) is 9.24. The molecule has 2 fully saturated rings. The first kappa shape index (κ1) is 20.2. The molecule has 2 aliphatic rings. The van der Waals surface area contributed by atoms with Gasteiger partial charge in [0.25, 0.3) is 0 Å². The van der Waals surface area contributed by atoms with Crippen LogP contribution in [0.15, 0.2) is 36.8 Å². The highest BCUT2D eigenvalue weighted by atomic mass is 19.1. The zero-order valence-electron chi connectivity index (χ0n) is 17.9. The number of carbonyl (C=O) groups is 1. The van der Waals surface area contributed by atoms with Gasteiger partial charge in [0.15, 0.2) is 0 Å². The lowest BCUT2D eigenvalue weighted by molar-refractivity contribution is -0.132. The second kappa shape index (κ2) is 8.11. The average molecular weight is 422 g/mol. The number of likely N-dealkylation sites (tertiary alicyclic amines) is 1. The van der Waals surface area contributed by atoms with E-state index in [0.717, 1.165) is 60.8 Å². The first-order valence-electron chi connectivity index (χ1n) is 11.1. The Hall–Kier alpha value is -2.67. The Morgan fingerprint density at radius 3 is 2.71 bits per heavy atom. The van der Waals surface area contributed by atoms with Crippen LogP contribution in [0.25, 0.3) is 22.0 Å². The molecular formula is C24H28FN5O. The number of nitrogens with zero attached hydrogens (tertiary/aromatic N) is 5. The highest BCUT2D eigenvalue weighted by Crippen LogP contribution is 2.53. The molecule has 1 aliphatic carbocycles. The summed E-state index contributed by atoms with van der Waals surface area (Å²) in [6.45, 7) is 2.18. The topological polar surface area (TPSA) is 63.9 Å². The number of fused-ring (bicyclic) bond motifs is 1. The summed E-state index contributed by atoms with van der Waals surface area (Å²) < 4.78 is 14.3. The molecule has 0 bridgehead atoms. The number of rotatable bonds is 6. The summed E-state index contributed by atoms with van der Waals surface area (Å²) in [5.41, 5.74) is 3.25. The van der Waals surface area contributed by atoms with E-state index in [1.165, 1.54) is 0 Å². The number of alkyl halides is 1. The molecule has 0 amide bonds. The Kier molecular flexibility index (Phi) is 5.30. The monoisotopic (exact) mass is 421 g/mol. The highest BCUT2D eigenvalue weighted by molar-refractivity contribution is 5.86. The van der Waals surface area contributed by atoms with Crippen LogP contribution >= 0.6 is 0 Å². The fraction of sp³-hybridized carbons (Fsp3) is 0.500. The molecule has 0 unspecified atom stereocenters. The fourth-order valence-electron chi connectivity index (χ4n) is 5.19. The number of aryl methyl sites for hydroxylation is 1. The van der Waals surface area contributed by atoms with Gasteiger partial charge in [0.05, 0.1) is 18.1 Å². The van der Waals surface area contributed by atoms with Gasteiger partial charge in [-0.15, -0.1) is 0 Å². The van der Waals surface area contributed by atoms with Gasteiger partial charge in [0.1, 0.15) is 18.3 Å². The molecule has 31 heavy (non-hydrogen) atoms. The summed E-state index contributed by atoms with van der Waals surface area (Å²) in [6.07, 6.45) is 10.0. The maximum Gasteiger partial charge on any atom is 0.143 e. The number of hydrogen-bond donors (Lipinski definition) is 0. The normalized spacial score (nSPS) is 19.0. The van der Waals surface area contributed by atoms with Crippen molar-refractivity contribution in [3.8, 4) is 11.1 Å². The van der Waals surface area contributed by atoms with Crippen molar-refractivity contribution in [1.82, 2.24) is 24.6 Å². The molecule has 0 atom stereocenters. The summed E-state index contributed by atoms with van der Waals surface area (Å²) in [5.74, 6) is 0.966. The SMILES string of the molecule is Cn1cc(-c2ccc3cnc(CC(=O)C4CC5(CCN(CCF)CC5)C4)nc3c2)cn1. The molecule has 5 rings (SSSR count). The molecule has 3 aromatic rings. The van der Waals surface area contributed by atoms with Crippen molar-refractivity contribution >= 4 is 16.7 Å². The Labute approximate surface area is 181 Å². The molecule has 1 saturated heterocycles. The molecule has 0 N–H and O–H groups in total. The van der Waals surface area contributed by atoms with E-state index in [1.807, 2.05) is 37.6 Å². The molecule has 162 valence electrons. The van der Waals surface area contributed by atoms with E-state index in [4.69, 9.17) is 0 Å². The van der Waals surface area contributed by atoms with Gasteiger partial charge in [0.2, 0.25) is 0 Å². The number of carbonyl (C=O) groups excluding carboxylic acids is 1. The molecular weight excluding hydrogens is 393 g/mol. The average Bonchev–Trinajstić information content (AvgIpc) is 3.19. The molecule has 3 heterocycles. The Balaban J connectivity index is 1.23. The van der Waals surface area contributed by atoms with E-state index < -0.39 is 0 Å². The van der Waals surface area contributed by atoms with Crippen LogP contribution in [0.5, 0.6) is 0 Å². The molecule has 1 aliphatic heterocycles. The third kappa shape index (κ3) is 4.11. The number of hydrogen-bond acceptors (Lipinski definition) is 5. The van der Waals surface area contributed by atoms with Crippen molar-refractivity contribution in [2.45, 2.75) is 32.1 Å². The summed E-state index contributed by atoms with van der Waals surface area (Å²) in [7, 11) is 1.90. The van der Waals surface area contributed by atoms with E-state index in [9.17, 15) is 9.18 Å². The maximum absolute atomic E-state index is 12.9. The quantitative estimate of drug-likeness (QED) is 0.609. The summed E-state index contributed by atoms with van der Waals surface area (Å²) in [6, 6.07) is 6.08. The van der Waals surface area contributed by atoms with Crippen LogP contribution in [0.4, 0.5) is 4.39 Å². The van der Waals surface area contributed by atoms with E-state index in [0.29, 0.717) is 24.2 Å². The molecule has 6 nitrogen and oxygen atoms in total. The predicted octanol–water partition coefficient (Wildman–Crippen LogP) is 3.60. The van der Waals surface area contributed by atoms with Crippen LogP contribution in [-0.4, -0.2) is 56.7 Å². The molecule has 2 aromatic heterocycles. The van der Waals surface area contributed by atoms with Crippen LogP contribution in [0.3, 0.4) is 0 Å². The molecule has 1 saturated carbocycles. The van der Waals surface area contributed by atoms with Gasteiger partial charge in [0, 0.05) is 42.9 Å². The Bertz CT molecular complexity index is 1090. The number of halogens is 1. The Morgan fingerprint density at radius 2 is 2.00 bits per heavy atom. The smallest absolute Gasteiger partial charge is 0.143 e. The maximum atomic E-state index is 12.9. The Morgan fingerprint density at radius 1 is 1.19 bits per heavy atom. The zero-order valence-corrected chi connectivity index (χ0v) is 17.9. The fourth-order valence-corrected chi connectivity index (χ4v) is 5.19. The summed E-state index contributed by atoms with van der Waals surface area (Å²) in [5, 5.41) is 5.20. The molecule has 1 aromatic carbocycles. The van der Waals surface area contributed by atoms with Crippen molar-refractivity contribution in [2.75, 3.05) is 26.3 Å². The third-order valence-electron chi connectivity index (χ3n) is 7.13. The molecule has 1 spiro atoms. The van der Waals surface area contributed by atoms with Crippen LogP contribution in [0, 0.1) is 11.3 Å². The minimum absolute atomic E-state index is 0.119. The van der Waals surface area contributed by atoms with Gasteiger partial charge in [-0.1, -0.05) is 12.1 Å². The molecule has 7 heteroatoms.